The summed E-state index contributed by atoms with van der Waals surface area (Å²) >= 11 is 5.41. The summed E-state index contributed by atoms with van der Waals surface area (Å²) in [6.45, 7) is 1.49. The molecule has 0 aliphatic heterocycles. The summed E-state index contributed by atoms with van der Waals surface area (Å²) in [5, 5.41) is 6.40. The van der Waals surface area contributed by atoms with Crippen LogP contribution >= 0.6 is 24.8 Å². The summed E-state index contributed by atoms with van der Waals surface area (Å²) in [5.74, 6) is 6.85. The van der Waals surface area contributed by atoms with Crippen molar-refractivity contribution in [3.05, 3.63) is 0 Å². The van der Waals surface area contributed by atoms with Gasteiger partial charge in [-0.2, -0.15) is 5.10 Å². The molecule has 0 bridgehead atoms. The van der Waals surface area contributed by atoms with Gasteiger partial charge in [0.25, 0.3) is 0 Å². The lowest BCUT2D eigenvalue weighted by atomic mass is 10.0. The molecule has 0 rings (SSSR count). The highest BCUT2D eigenvalue weighted by Crippen LogP contribution is 2.13. The van der Waals surface area contributed by atoms with Crippen LogP contribution in [-0.2, 0) is 9.59 Å². The van der Waals surface area contributed by atoms with Crippen molar-refractivity contribution in [3.63, 3.8) is 0 Å². The second kappa shape index (κ2) is 28.4. The van der Waals surface area contributed by atoms with Crippen molar-refractivity contribution in [1.82, 2.24) is 14.8 Å². The van der Waals surface area contributed by atoms with Crippen molar-refractivity contribution in [2.24, 2.45) is 16.7 Å². The Bertz CT molecular complexity index is 553. The summed E-state index contributed by atoms with van der Waals surface area (Å²) in [4.78, 5) is 23.6. The van der Waals surface area contributed by atoms with E-state index in [1.807, 2.05) is 0 Å². The average Bonchev–Trinajstić information content (AvgIpc) is 2.88. The second-order valence-electron chi connectivity index (χ2n) is 9.51. The van der Waals surface area contributed by atoms with Crippen LogP contribution in [0.1, 0.15) is 128 Å². The quantitative estimate of drug-likeness (QED) is 0.0157. The number of amides is 2. The number of nitrogens with two attached hydrogens (primary N) is 2. The molecule has 0 fully saturated rings. The zero-order valence-electron chi connectivity index (χ0n) is 22.5. The number of amidine groups is 1. The molecule has 0 unspecified atom stereocenters. The van der Waals surface area contributed by atoms with E-state index in [2.05, 4.69) is 32.7 Å². The van der Waals surface area contributed by atoms with Crippen molar-refractivity contribution < 1.29 is 9.59 Å². The van der Waals surface area contributed by atoms with Gasteiger partial charge >= 0.3 is 0 Å². The van der Waals surface area contributed by atoms with Crippen LogP contribution in [0.3, 0.4) is 0 Å². The number of carbonyl (C=O) groups is 2. The van der Waals surface area contributed by atoms with Crippen LogP contribution in [0, 0.1) is 0 Å². The van der Waals surface area contributed by atoms with Crippen LogP contribution in [0.4, 0.5) is 0 Å². The maximum atomic E-state index is 11.9. The molecule has 0 aromatic carbocycles. The van der Waals surface area contributed by atoms with Gasteiger partial charge in [-0.1, -0.05) is 102 Å². The maximum Gasteiger partial charge on any atom is 0.229 e. The summed E-state index contributed by atoms with van der Waals surface area (Å²) in [6.07, 6.45) is 22.0. The minimum Gasteiger partial charge on any atom is -0.386 e. The third kappa shape index (κ3) is 27.5. The molecule has 0 spiro atoms. The van der Waals surface area contributed by atoms with Gasteiger partial charge in [-0.3, -0.25) is 14.3 Å². The van der Waals surface area contributed by atoms with Crippen molar-refractivity contribution in [2.45, 2.75) is 128 Å². The average molecular weight is 547 g/mol. The molecule has 10 heteroatoms. The van der Waals surface area contributed by atoms with E-state index in [9.17, 15) is 9.59 Å². The number of nitrogens with one attached hydrogen (secondary N) is 3. The number of thiol groups is 1. The lowest BCUT2D eigenvalue weighted by molar-refractivity contribution is -0.121. The summed E-state index contributed by atoms with van der Waals surface area (Å²) in [7, 11) is 0. The van der Waals surface area contributed by atoms with E-state index in [-0.39, 0.29) is 11.8 Å². The zero-order valence-corrected chi connectivity index (χ0v) is 24.2. The second-order valence-corrected chi connectivity index (χ2v) is 10.7. The van der Waals surface area contributed by atoms with E-state index in [1.54, 1.807) is 0 Å². The van der Waals surface area contributed by atoms with Crippen molar-refractivity contribution >= 4 is 42.4 Å². The number of unbranched alkanes of at least 4 members (excludes halogenated alkanes) is 14. The molecule has 0 saturated heterocycles. The summed E-state index contributed by atoms with van der Waals surface area (Å²) in [5.41, 5.74) is 5.58. The Balaban J connectivity index is 3.25. The Kier molecular flexibility index (Phi) is 27.5. The molecule has 0 radical (unpaired) electrons. The Morgan fingerprint density at radius 3 is 1.64 bits per heavy atom. The van der Waals surface area contributed by atoms with Crippen molar-refractivity contribution in [2.75, 3.05) is 18.8 Å². The fourth-order valence-electron chi connectivity index (χ4n) is 3.90. The van der Waals surface area contributed by atoms with E-state index in [0.29, 0.717) is 25.2 Å². The third-order valence-corrected chi connectivity index (χ3v) is 7.21. The fourth-order valence-corrected chi connectivity index (χ4v) is 4.78. The number of hydrogen-bond acceptors (Lipinski definition) is 7. The molecule has 0 aromatic heterocycles. The highest BCUT2D eigenvalue weighted by Gasteiger charge is 2.03. The van der Waals surface area contributed by atoms with Gasteiger partial charge in [0.15, 0.2) is 0 Å². The van der Waals surface area contributed by atoms with Gasteiger partial charge in [0.05, 0.1) is 0 Å². The first-order valence-electron chi connectivity index (χ1n) is 14.2. The largest absolute Gasteiger partial charge is 0.386 e. The molecule has 0 aromatic rings. The van der Waals surface area contributed by atoms with E-state index >= 15 is 0 Å². The SMILES string of the molecule is N/N=C(\N)CCCCCCCCCCCCCCCC(=O)NSCCCCCC(=O)NCCCNS. The number of hydrazone groups is 1. The first kappa shape index (κ1) is 34.9. The monoisotopic (exact) mass is 546 g/mol. The molecule has 0 heterocycles. The zero-order chi connectivity index (χ0) is 26.5. The summed E-state index contributed by atoms with van der Waals surface area (Å²) < 4.78 is 5.71. The van der Waals surface area contributed by atoms with Gasteiger partial charge < -0.3 is 21.6 Å². The molecule has 212 valence electrons. The van der Waals surface area contributed by atoms with Crippen LogP contribution < -0.4 is 26.3 Å². The van der Waals surface area contributed by atoms with Gasteiger partial charge in [0.1, 0.15) is 5.84 Å². The van der Waals surface area contributed by atoms with Crippen molar-refractivity contribution in [3.8, 4) is 0 Å². The number of rotatable bonds is 27. The van der Waals surface area contributed by atoms with E-state index < -0.39 is 0 Å². The molecule has 2 amide bonds. The van der Waals surface area contributed by atoms with Crippen LogP contribution in [0.25, 0.3) is 0 Å². The molecule has 0 atom stereocenters. The van der Waals surface area contributed by atoms with Crippen LogP contribution in [-0.4, -0.2) is 36.5 Å². The van der Waals surface area contributed by atoms with Gasteiger partial charge in [0.2, 0.25) is 11.8 Å². The molecule has 0 aliphatic carbocycles. The topological polar surface area (TPSA) is 135 Å². The third-order valence-electron chi connectivity index (χ3n) is 6.13. The van der Waals surface area contributed by atoms with Crippen molar-refractivity contribution in [1.29, 1.82) is 0 Å². The molecular weight excluding hydrogens is 492 g/mol. The predicted molar refractivity (Wildman–Crippen MR) is 159 cm³/mol. The highest BCUT2D eigenvalue weighted by molar-refractivity contribution is 7.97. The number of carbonyl (C=O) groups excluding carboxylic acids is 2. The van der Waals surface area contributed by atoms with Gasteiger partial charge in [-0.15, -0.1) is 0 Å². The minimum atomic E-state index is 0.120. The molecule has 0 aliphatic rings. The Hall–Kier alpha value is -1.13. The molecule has 0 saturated carbocycles. The Labute approximate surface area is 230 Å². The first-order chi connectivity index (χ1) is 17.6. The number of nitrogens with zero attached hydrogens (tertiary/aromatic N) is 1. The molecular formula is C26H54N6O2S2. The smallest absolute Gasteiger partial charge is 0.229 e. The van der Waals surface area contributed by atoms with E-state index in [1.165, 1.54) is 76.2 Å². The van der Waals surface area contributed by atoms with E-state index in [4.69, 9.17) is 11.6 Å². The first-order valence-corrected chi connectivity index (χ1v) is 15.6. The molecule has 8 nitrogen and oxygen atoms in total. The Morgan fingerprint density at radius 1 is 0.639 bits per heavy atom. The lowest BCUT2D eigenvalue weighted by Gasteiger charge is -2.06. The number of hydrogen-bond donors (Lipinski definition) is 6. The van der Waals surface area contributed by atoms with Crippen LogP contribution in [0.2, 0.25) is 0 Å². The maximum absolute atomic E-state index is 11.9. The standard InChI is InChI=1S/C26H54N6O2S2/c27-24(31-28)18-13-10-8-6-4-2-1-3-5-7-9-11-14-20-26(34)32-36-23-16-12-15-19-25(33)29-21-17-22-30-35/h30,35H,1-23,28H2,(H2,27,31)(H,29,33)(H,32,34). The normalized spacial score (nSPS) is 11.5. The lowest BCUT2D eigenvalue weighted by Crippen LogP contribution is -2.25. The Morgan fingerprint density at radius 2 is 1.11 bits per heavy atom. The predicted octanol–water partition coefficient (Wildman–Crippen LogP) is 5.33. The molecule has 7 N–H and O–H groups in total. The van der Waals surface area contributed by atoms with Crippen LogP contribution in [0.5, 0.6) is 0 Å². The van der Waals surface area contributed by atoms with Gasteiger partial charge in [0, 0.05) is 38.1 Å². The van der Waals surface area contributed by atoms with E-state index in [0.717, 1.165) is 63.7 Å². The van der Waals surface area contributed by atoms with Gasteiger partial charge in [-0.05, 0) is 32.1 Å². The van der Waals surface area contributed by atoms with Gasteiger partial charge in [-0.25, -0.2) is 0 Å². The minimum absolute atomic E-state index is 0.120. The fraction of sp³-hybridized carbons (Fsp3) is 0.885. The highest BCUT2D eigenvalue weighted by atomic mass is 32.2. The molecule has 36 heavy (non-hydrogen) atoms. The van der Waals surface area contributed by atoms with Crippen LogP contribution in [0.15, 0.2) is 5.10 Å². The summed E-state index contributed by atoms with van der Waals surface area (Å²) in [6, 6.07) is 0.